The molecule has 0 aliphatic heterocycles. The number of amides is 1. The Kier molecular flexibility index (Phi) is 6.71. The van der Waals surface area contributed by atoms with E-state index >= 15 is 0 Å². The second kappa shape index (κ2) is 9.27. The van der Waals surface area contributed by atoms with Gasteiger partial charge in [-0.3, -0.25) is 14.9 Å². The van der Waals surface area contributed by atoms with Crippen molar-refractivity contribution in [2.24, 2.45) is 0 Å². The average Bonchev–Trinajstić information content (AvgIpc) is 3.27. The van der Waals surface area contributed by atoms with Crippen molar-refractivity contribution >= 4 is 32.8 Å². The smallest absolute Gasteiger partial charge is 0.272 e. The van der Waals surface area contributed by atoms with Crippen molar-refractivity contribution in [3.8, 4) is 5.75 Å². The van der Waals surface area contributed by atoms with Gasteiger partial charge in [-0.15, -0.1) is 11.3 Å². The van der Waals surface area contributed by atoms with Gasteiger partial charge in [-0.2, -0.15) is 0 Å². The minimum atomic E-state index is -3.80. The monoisotopic (exact) mass is 460 g/mol. The molecule has 8 nitrogen and oxygen atoms in total. The zero-order chi connectivity index (χ0) is 22.6. The Morgan fingerprint density at radius 3 is 2.45 bits per heavy atom. The van der Waals surface area contributed by atoms with Crippen LogP contribution in [0.5, 0.6) is 5.75 Å². The van der Waals surface area contributed by atoms with Gasteiger partial charge in [0.2, 0.25) is 0 Å². The van der Waals surface area contributed by atoms with Crippen LogP contribution in [0.4, 0.5) is 5.69 Å². The standard InChI is InChI=1S/C21H20N2O6S2/c1-14-12-15(5-10-18(14)23(25)26)21(24)22-13-20(19-4-3-11-30-19)31(27,28)17-8-6-16(29-2)7-9-17/h3-12,20H,13H2,1-2H3,(H,22,24)/t20-/m0/s1. The highest BCUT2D eigenvalue weighted by Gasteiger charge is 2.30. The van der Waals surface area contributed by atoms with E-state index < -0.39 is 25.9 Å². The first-order chi connectivity index (χ1) is 14.7. The summed E-state index contributed by atoms with van der Waals surface area (Å²) in [4.78, 5) is 23.8. The molecular weight excluding hydrogens is 440 g/mol. The maximum atomic E-state index is 13.3. The molecule has 3 aromatic rings. The lowest BCUT2D eigenvalue weighted by Gasteiger charge is -2.18. The molecule has 1 N–H and O–H groups in total. The Balaban J connectivity index is 1.84. The van der Waals surface area contributed by atoms with Crippen molar-refractivity contribution in [2.45, 2.75) is 17.1 Å². The number of benzene rings is 2. The second-order valence-corrected chi connectivity index (χ2v) is 9.80. The van der Waals surface area contributed by atoms with Crippen molar-refractivity contribution in [2.75, 3.05) is 13.7 Å². The van der Waals surface area contributed by atoms with Crippen molar-refractivity contribution in [3.63, 3.8) is 0 Å². The number of hydrogen-bond acceptors (Lipinski definition) is 7. The molecule has 1 atom stereocenters. The predicted octanol–water partition coefficient (Wildman–Crippen LogP) is 3.92. The fraction of sp³-hybridized carbons (Fsp3) is 0.190. The number of aryl methyl sites for hydroxylation is 1. The van der Waals surface area contributed by atoms with E-state index in [4.69, 9.17) is 4.74 Å². The van der Waals surface area contributed by atoms with E-state index in [0.717, 1.165) is 0 Å². The highest BCUT2D eigenvalue weighted by atomic mass is 32.2. The summed E-state index contributed by atoms with van der Waals surface area (Å²) in [7, 11) is -2.31. The number of nitro groups is 1. The van der Waals surface area contributed by atoms with Crippen LogP contribution in [0, 0.1) is 17.0 Å². The first-order valence-corrected chi connectivity index (χ1v) is 11.6. The van der Waals surface area contributed by atoms with Crippen LogP contribution < -0.4 is 10.1 Å². The molecule has 10 heteroatoms. The first kappa shape index (κ1) is 22.4. The van der Waals surface area contributed by atoms with Crippen molar-refractivity contribution in [3.05, 3.63) is 86.1 Å². The number of carbonyl (C=O) groups is 1. The third kappa shape index (κ3) is 4.92. The summed E-state index contributed by atoms with van der Waals surface area (Å²) >= 11 is 1.29. The molecule has 1 amide bonds. The third-order valence-corrected chi connectivity index (χ3v) is 7.96. The Hall–Kier alpha value is -3.24. The van der Waals surface area contributed by atoms with Gasteiger partial charge < -0.3 is 10.1 Å². The highest BCUT2D eigenvalue weighted by Crippen LogP contribution is 2.32. The van der Waals surface area contributed by atoms with Crippen LogP contribution in [0.15, 0.2) is 64.9 Å². The van der Waals surface area contributed by atoms with Crippen LogP contribution in [0.1, 0.15) is 26.0 Å². The number of nitrogens with one attached hydrogen (secondary N) is 1. The summed E-state index contributed by atoms with van der Waals surface area (Å²) < 4.78 is 31.7. The summed E-state index contributed by atoms with van der Waals surface area (Å²) in [5.41, 5.74) is 0.475. The van der Waals surface area contributed by atoms with Crippen LogP contribution in [0.2, 0.25) is 0 Å². The zero-order valence-electron chi connectivity index (χ0n) is 16.8. The van der Waals surface area contributed by atoms with Crippen LogP contribution in [0.3, 0.4) is 0 Å². The number of sulfone groups is 1. The molecule has 0 bridgehead atoms. The van der Waals surface area contributed by atoms with Crippen LogP contribution in [-0.4, -0.2) is 32.9 Å². The number of hydrogen-bond donors (Lipinski definition) is 1. The summed E-state index contributed by atoms with van der Waals surface area (Å²) in [5.74, 6) is 0.0259. The minimum absolute atomic E-state index is 0.0879. The number of carbonyl (C=O) groups excluding carboxylic acids is 1. The quantitative estimate of drug-likeness (QED) is 0.402. The molecule has 162 valence electrons. The van der Waals surface area contributed by atoms with E-state index in [1.54, 1.807) is 29.6 Å². The van der Waals surface area contributed by atoms with Gasteiger partial charge in [0.05, 0.1) is 16.9 Å². The Labute approximate surface area is 183 Å². The van der Waals surface area contributed by atoms with Crippen LogP contribution >= 0.6 is 11.3 Å². The molecular formula is C21H20N2O6S2. The van der Waals surface area contributed by atoms with Crippen molar-refractivity contribution < 1.29 is 22.9 Å². The van der Waals surface area contributed by atoms with Crippen molar-refractivity contribution in [1.29, 1.82) is 0 Å². The molecule has 0 fully saturated rings. The highest BCUT2D eigenvalue weighted by molar-refractivity contribution is 7.91. The number of ether oxygens (including phenoxy) is 1. The minimum Gasteiger partial charge on any atom is -0.497 e. The van der Waals surface area contributed by atoms with Crippen LogP contribution in [0.25, 0.3) is 0 Å². The van der Waals surface area contributed by atoms with E-state index in [-0.39, 0.29) is 22.7 Å². The number of nitrogens with zero attached hydrogens (tertiary/aromatic N) is 1. The predicted molar refractivity (Wildman–Crippen MR) is 117 cm³/mol. The molecule has 1 heterocycles. The van der Waals surface area contributed by atoms with E-state index in [9.17, 15) is 23.3 Å². The lowest BCUT2D eigenvalue weighted by atomic mass is 10.1. The van der Waals surface area contributed by atoms with E-state index in [2.05, 4.69) is 5.32 Å². The van der Waals surface area contributed by atoms with E-state index in [0.29, 0.717) is 16.2 Å². The second-order valence-electron chi connectivity index (χ2n) is 6.69. The molecule has 1 aromatic heterocycles. The molecule has 31 heavy (non-hydrogen) atoms. The molecule has 0 aliphatic carbocycles. The Bertz CT molecular complexity index is 1190. The molecule has 0 saturated carbocycles. The van der Waals surface area contributed by atoms with E-state index in [1.165, 1.54) is 55.7 Å². The van der Waals surface area contributed by atoms with Gasteiger partial charge in [0.1, 0.15) is 11.0 Å². The number of rotatable bonds is 8. The normalized spacial score (nSPS) is 12.2. The van der Waals surface area contributed by atoms with Crippen molar-refractivity contribution in [1.82, 2.24) is 5.32 Å². The topological polar surface area (TPSA) is 116 Å². The van der Waals surface area contributed by atoms with Gasteiger partial charge in [-0.1, -0.05) is 6.07 Å². The Morgan fingerprint density at radius 2 is 1.90 bits per heavy atom. The largest absolute Gasteiger partial charge is 0.497 e. The molecule has 0 saturated heterocycles. The van der Waals surface area contributed by atoms with Gasteiger partial charge >= 0.3 is 0 Å². The fourth-order valence-electron chi connectivity index (χ4n) is 3.06. The number of nitro benzene ring substituents is 1. The maximum absolute atomic E-state index is 13.3. The lowest BCUT2D eigenvalue weighted by molar-refractivity contribution is -0.385. The third-order valence-electron chi connectivity index (χ3n) is 4.73. The number of methoxy groups -OCH3 is 1. The van der Waals surface area contributed by atoms with Gasteiger partial charge in [-0.25, -0.2) is 8.42 Å². The molecule has 0 aliphatic rings. The molecule has 2 aromatic carbocycles. The van der Waals surface area contributed by atoms with Gasteiger partial charge in [0, 0.05) is 28.6 Å². The molecule has 0 unspecified atom stereocenters. The van der Waals surface area contributed by atoms with Crippen LogP contribution in [-0.2, 0) is 9.84 Å². The molecule has 3 rings (SSSR count). The molecule has 0 spiro atoms. The van der Waals surface area contributed by atoms with Gasteiger partial charge in [-0.05, 0) is 54.8 Å². The number of thiophene rings is 1. The molecule has 0 radical (unpaired) electrons. The lowest BCUT2D eigenvalue weighted by Crippen LogP contribution is -2.31. The van der Waals surface area contributed by atoms with Gasteiger partial charge in [0.25, 0.3) is 11.6 Å². The summed E-state index contributed by atoms with van der Waals surface area (Å²) in [5, 5.41) is 14.4. The maximum Gasteiger partial charge on any atom is 0.272 e. The summed E-state index contributed by atoms with van der Waals surface area (Å²) in [6.07, 6.45) is 0. The van der Waals surface area contributed by atoms with E-state index in [1.807, 2.05) is 0 Å². The zero-order valence-corrected chi connectivity index (χ0v) is 18.4. The summed E-state index contributed by atoms with van der Waals surface area (Å²) in [6.45, 7) is 1.39. The summed E-state index contributed by atoms with van der Waals surface area (Å²) in [6, 6.07) is 13.5. The fourth-order valence-corrected chi connectivity index (χ4v) is 5.84. The van der Waals surface area contributed by atoms with Gasteiger partial charge in [0.15, 0.2) is 9.84 Å². The first-order valence-electron chi connectivity index (χ1n) is 9.18. The SMILES string of the molecule is COc1ccc(S(=O)(=O)[C@@H](CNC(=O)c2ccc([N+](=O)[O-])c(C)c2)c2cccs2)cc1. The Morgan fingerprint density at radius 1 is 1.19 bits per heavy atom. The average molecular weight is 461 g/mol.